The Morgan fingerprint density at radius 3 is 2.81 bits per heavy atom. The zero-order valence-corrected chi connectivity index (χ0v) is 12.5. The first-order valence-corrected chi connectivity index (χ1v) is 6.95. The molecule has 7 heteroatoms. The lowest BCUT2D eigenvalue weighted by Crippen LogP contribution is -2.44. The van der Waals surface area contributed by atoms with Crippen LogP contribution in [-0.4, -0.2) is 27.0 Å². The number of nitro groups is 1. The number of anilines is 1. The van der Waals surface area contributed by atoms with E-state index >= 15 is 0 Å². The van der Waals surface area contributed by atoms with Crippen LogP contribution in [0.25, 0.3) is 11.0 Å². The number of nitrogens with zero attached hydrogens (tertiary/aromatic N) is 2. The minimum absolute atomic E-state index is 0.0430. The summed E-state index contributed by atoms with van der Waals surface area (Å²) in [5, 5.41) is 14.1. The van der Waals surface area contributed by atoms with Gasteiger partial charge in [-0.05, 0) is 25.3 Å². The van der Waals surface area contributed by atoms with Gasteiger partial charge in [-0.3, -0.25) is 10.1 Å². The lowest BCUT2D eigenvalue weighted by molar-refractivity contribution is -0.384. The van der Waals surface area contributed by atoms with Crippen molar-refractivity contribution in [3.63, 3.8) is 0 Å². The Morgan fingerprint density at radius 1 is 1.52 bits per heavy atom. The fraction of sp³-hybridized carbons (Fsp3) is 0.500. The molecule has 0 amide bonds. The predicted octanol–water partition coefficient (Wildman–Crippen LogP) is 2.65. The van der Waals surface area contributed by atoms with E-state index in [1.54, 1.807) is 6.07 Å². The van der Waals surface area contributed by atoms with Crippen molar-refractivity contribution in [2.24, 2.45) is 11.7 Å². The first-order chi connectivity index (χ1) is 9.83. The molecule has 1 aromatic carbocycles. The second kappa shape index (κ2) is 5.69. The van der Waals surface area contributed by atoms with Crippen molar-refractivity contribution < 1.29 is 4.92 Å². The Hall–Kier alpha value is -2.15. The van der Waals surface area contributed by atoms with Crippen molar-refractivity contribution in [2.45, 2.75) is 32.7 Å². The zero-order chi connectivity index (χ0) is 15.6. The minimum atomic E-state index is -0.420. The average Bonchev–Trinajstić information content (AvgIpc) is 2.78. The highest BCUT2D eigenvalue weighted by Gasteiger charge is 2.24. The van der Waals surface area contributed by atoms with E-state index in [9.17, 15) is 10.1 Å². The van der Waals surface area contributed by atoms with Crippen LogP contribution in [0.4, 0.5) is 11.6 Å². The van der Waals surface area contributed by atoms with Crippen LogP contribution in [0.3, 0.4) is 0 Å². The third-order valence-electron chi connectivity index (χ3n) is 3.41. The summed E-state index contributed by atoms with van der Waals surface area (Å²) in [5.74, 6) is 1.08. The van der Waals surface area contributed by atoms with E-state index < -0.39 is 4.92 Å². The highest BCUT2D eigenvalue weighted by atomic mass is 16.6. The van der Waals surface area contributed by atoms with Gasteiger partial charge < -0.3 is 16.0 Å². The number of aromatic amines is 1. The number of nitrogens with one attached hydrogen (secondary N) is 2. The maximum Gasteiger partial charge on any atom is 0.271 e. The second-order valence-corrected chi connectivity index (χ2v) is 6.03. The molecule has 2 aromatic rings. The third-order valence-corrected chi connectivity index (χ3v) is 3.41. The predicted molar refractivity (Wildman–Crippen MR) is 83.3 cm³/mol. The molecule has 0 fully saturated rings. The van der Waals surface area contributed by atoms with Gasteiger partial charge in [0.05, 0.1) is 16.0 Å². The summed E-state index contributed by atoms with van der Waals surface area (Å²) in [7, 11) is 0. The van der Waals surface area contributed by atoms with Crippen LogP contribution in [0, 0.1) is 16.0 Å². The van der Waals surface area contributed by atoms with Gasteiger partial charge in [0.2, 0.25) is 5.95 Å². The molecule has 0 bridgehead atoms. The van der Waals surface area contributed by atoms with Crippen LogP contribution in [-0.2, 0) is 0 Å². The molecule has 114 valence electrons. The standard InChI is InChI=1S/C14H21N5O2/c1-9(2)7-14(3,8-15)18-13-16-11-5-4-10(19(20)21)6-12(11)17-13/h4-6,9H,7-8,15H2,1-3H3,(H2,16,17,18). The van der Waals surface area contributed by atoms with Crippen molar-refractivity contribution in [2.75, 3.05) is 11.9 Å². The molecule has 2 rings (SSSR count). The van der Waals surface area contributed by atoms with Gasteiger partial charge in [-0.1, -0.05) is 13.8 Å². The zero-order valence-electron chi connectivity index (χ0n) is 12.5. The highest BCUT2D eigenvalue weighted by molar-refractivity contribution is 5.80. The molecule has 1 heterocycles. The molecule has 4 N–H and O–H groups in total. The van der Waals surface area contributed by atoms with Crippen LogP contribution in [0.1, 0.15) is 27.2 Å². The van der Waals surface area contributed by atoms with Crippen LogP contribution in [0.2, 0.25) is 0 Å². The molecule has 21 heavy (non-hydrogen) atoms. The Balaban J connectivity index is 2.28. The Morgan fingerprint density at radius 2 is 2.24 bits per heavy atom. The van der Waals surface area contributed by atoms with E-state index in [1.165, 1.54) is 12.1 Å². The fourth-order valence-electron chi connectivity index (χ4n) is 2.54. The molecular formula is C14H21N5O2. The van der Waals surface area contributed by atoms with Crippen molar-refractivity contribution in [1.29, 1.82) is 0 Å². The summed E-state index contributed by atoms with van der Waals surface area (Å²) < 4.78 is 0. The number of rotatable bonds is 6. The van der Waals surface area contributed by atoms with E-state index in [4.69, 9.17) is 5.73 Å². The molecule has 0 spiro atoms. The van der Waals surface area contributed by atoms with Gasteiger partial charge in [0.15, 0.2) is 0 Å². The molecule has 1 unspecified atom stereocenters. The molecule has 1 atom stereocenters. The number of benzene rings is 1. The minimum Gasteiger partial charge on any atom is -0.349 e. The van der Waals surface area contributed by atoms with Crippen molar-refractivity contribution >= 4 is 22.7 Å². The summed E-state index contributed by atoms with van der Waals surface area (Å²) >= 11 is 0. The number of hydrogen-bond acceptors (Lipinski definition) is 5. The average molecular weight is 291 g/mol. The lowest BCUT2D eigenvalue weighted by Gasteiger charge is -2.30. The van der Waals surface area contributed by atoms with Gasteiger partial charge in [-0.2, -0.15) is 0 Å². The topological polar surface area (TPSA) is 110 Å². The fourth-order valence-corrected chi connectivity index (χ4v) is 2.54. The monoisotopic (exact) mass is 291 g/mol. The van der Waals surface area contributed by atoms with E-state index in [-0.39, 0.29) is 11.2 Å². The quantitative estimate of drug-likeness (QED) is 0.560. The van der Waals surface area contributed by atoms with Gasteiger partial charge in [0.1, 0.15) is 0 Å². The highest BCUT2D eigenvalue weighted by Crippen LogP contribution is 2.24. The number of aromatic nitrogens is 2. The number of nitro benzene ring substituents is 1. The summed E-state index contributed by atoms with van der Waals surface area (Å²) in [4.78, 5) is 17.8. The number of non-ortho nitro benzene ring substituents is 1. The van der Waals surface area contributed by atoms with Crippen molar-refractivity contribution in [3.8, 4) is 0 Å². The maximum atomic E-state index is 10.8. The normalized spacial score (nSPS) is 14.3. The van der Waals surface area contributed by atoms with E-state index in [0.29, 0.717) is 29.4 Å². The molecule has 0 aliphatic rings. The SMILES string of the molecule is CC(C)CC(C)(CN)Nc1nc2ccc([N+](=O)[O-])cc2[nH]1. The lowest BCUT2D eigenvalue weighted by atomic mass is 9.91. The third kappa shape index (κ3) is 3.49. The smallest absolute Gasteiger partial charge is 0.271 e. The number of nitrogens with two attached hydrogens (primary N) is 1. The van der Waals surface area contributed by atoms with Gasteiger partial charge >= 0.3 is 0 Å². The van der Waals surface area contributed by atoms with Crippen molar-refractivity contribution in [3.05, 3.63) is 28.3 Å². The molecule has 0 aliphatic heterocycles. The van der Waals surface area contributed by atoms with E-state index in [2.05, 4.69) is 29.1 Å². The summed E-state index contributed by atoms with van der Waals surface area (Å²) in [6, 6.07) is 4.57. The summed E-state index contributed by atoms with van der Waals surface area (Å²) in [6.07, 6.45) is 0.903. The van der Waals surface area contributed by atoms with Crippen LogP contribution in [0.5, 0.6) is 0 Å². The summed E-state index contributed by atoms with van der Waals surface area (Å²) in [5.41, 5.74) is 6.96. The molecule has 0 saturated carbocycles. The Bertz CT molecular complexity index is 652. The van der Waals surface area contributed by atoms with E-state index in [0.717, 1.165) is 6.42 Å². The number of imidazole rings is 1. The van der Waals surface area contributed by atoms with Gasteiger partial charge in [0, 0.05) is 24.2 Å². The van der Waals surface area contributed by atoms with Gasteiger partial charge in [-0.25, -0.2) is 4.98 Å². The molecule has 1 aromatic heterocycles. The van der Waals surface area contributed by atoms with Crippen molar-refractivity contribution in [1.82, 2.24) is 9.97 Å². The molecule has 0 saturated heterocycles. The summed E-state index contributed by atoms with van der Waals surface area (Å²) in [6.45, 7) is 6.79. The molecular weight excluding hydrogens is 270 g/mol. The van der Waals surface area contributed by atoms with Gasteiger partial charge in [0.25, 0.3) is 5.69 Å². The number of hydrogen-bond donors (Lipinski definition) is 3. The maximum absolute atomic E-state index is 10.8. The first kappa shape index (κ1) is 15.2. The van der Waals surface area contributed by atoms with Crippen LogP contribution in [0.15, 0.2) is 18.2 Å². The van der Waals surface area contributed by atoms with E-state index in [1.807, 2.05) is 6.92 Å². The Kier molecular flexibility index (Phi) is 4.13. The number of fused-ring (bicyclic) bond motifs is 1. The molecule has 7 nitrogen and oxygen atoms in total. The van der Waals surface area contributed by atoms with Gasteiger partial charge in [-0.15, -0.1) is 0 Å². The first-order valence-electron chi connectivity index (χ1n) is 6.95. The Labute approximate surface area is 123 Å². The van der Waals surface area contributed by atoms with Crippen LogP contribution >= 0.6 is 0 Å². The largest absolute Gasteiger partial charge is 0.349 e. The van der Waals surface area contributed by atoms with Crippen LogP contribution < -0.4 is 11.1 Å². The molecule has 0 radical (unpaired) electrons. The second-order valence-electron chi connectivity index (χ2n) is 6.03. The number of H-pyrrole nitrogens is 1. The molecule has 0 aliphatic carbocycles.